The van der Waals surface area contributed by atoms with Gasteiger partial charge in [-0.2, -0.15) is 5.10 Å². The summed E-state index contributed by atoms with van der Waals surface area (Å²) in [6, 6.07) is 0. The van der Waals surface area contributed by atoms with Gasteiger partial charge in [0.15, 0.2) is 0 Å². The molecule has 0 saturated heterocycles. The zero-order valence-electron chi connectivity index (χ0n) is 9.29. The van der Waals surface area contributed by atoms with E-state index in [-0.39, 0.29) is 10.6 Å². The van der Waals surface area contributed by atoms with Crippen LogP contribution in [0.3, 0.4) is 0 Å². The molecule has 0 amide bonds. The van der Waals surface area contributed by atoms with Crippen LogP contribution in [0.2, 0.25) is 5.02 Å². The minimum absolute atomic E-state index is 0.195. The maximum absolute atomic E-state index is 11.2. The topological polar surface area (TPSA) is 57.8 Å². The van der Waals surface area contributed by atoms with E-state index in [0.29, 0.717) is 11.6 Å². The van der Waals surface area contributed by atoms with Gasteiger partial charge in [-0.1, -0.05) is 24.9 Å². The van der Waals surface area contributed by atoms with Crippen LogP contribution in [0.4, 0.5) is 5.69 Å². The Balaban J connectivity index is 1.95. The summed E-state index contributed by atoms with van der Waals surface area (Å²) in [6.45, 7) is 3.15. The van der Waals surface area contributed by atoms with E-state index in [2.05, 4.69) is 22.4 Å². The van der Waals surface area contributed by atoms with E-state index in [1.54, 1.807) is 6.20 Å². The lowest BCUT2D eigenvalue weighted by Gasteiger charge is -2.12. The van der Waals surface area contributed by atoms with Crippen molar-refractivity contribution in [1.29, 1.82) is 0 Å². The van der Waals surface area contributed by atoms with Crippen LogP contribution in [0.5, 0.6) is 0 Å². The summed E-state index contributed by atoms with van der Waals surface area (Å²) in [5, 5.41) is 9.42. The van der Waals surface area contributed by atoms with Gasteiger partial charge in [-0.3, -0.25) is 4.79 Å². The van der Waals surface area contributed by atoms with Crippen molar-refractivity contribution < 1.29 is 0 Å². The number of nitrogens with zero attached hydrogens (tertiary/aromatic N) is 1. The minimum atomic E-state index is -0.341. The zero-order valence-corrected chi connectivity index (χ0v) is 10.0. The summed E-state index contributed by atoms with van der Waals surface area (Å²) in [5.41, 5.74) is 0.288. The Hall–Kier alpha value is -1.03. The Morgan fingerprint density at radius 3 is 3.12 bits per heavy atom. The quantitative estimate of drug-likeness (QED) is 0.854. The highest BCUT2D eigenvalue weighted by molar-refractivity contribution is 6.32. The van der Waals surface area contributed by atoms with E-state index in [4.69, 9.17) is 11.6 Å². The van der Waals surface area contributed by atoms with Gasteiger partial charge in [0.05, 0.1) is 11.9 Å². The number of nitrogens with one attached hydrogen (secondary N) is 2. The van der Waals surface area contributed by atoms with Crippen molar-refractivity contribution in [3.8, 4) is 0 Å². The van der Waals surface area contributed by atoms with Gasteiger partial charge in [0.25, 0.3) is 5.56 Å². The second-order valence-corrected chi connectivity index (χ2v) is 4.97. The lowest BCUT2D eigenvalue weighted by molar-refractivity contribution is 0.537. The Bertz CT molecular complexity index is 418. The Morgan fingerprint density at radius 2 is 2.44 bits per heavy atom. The monoisotopic (exact) mass is 241 g/mol. The van der Waals surface area contributed by atoms with Crippen LogP contribution in [0.1, 0.15) is 26.2 Å². The van der Waals surface area contributed by atoms with Crippen LogP contribution < -0.4 is 10.9 Å². The molecule has 4 nitrogen and oxygen atoms in total. The molecule has 1 aromatic heterocycles. The molecule has 0 aliphatic heterocycles. The van der Waals surface area contributed by atoms with Gasteiger partial charge < -0.3 is 5.32 Å². The molecule has 0 bridgehead atoms. The molecule has 16 heavy (non-hydrogen) atoms. The number of aromatic nitrogens is 2. The highest BCUT2D eigenvalue weighted by Gasteiger charge is 2.21. The first-order chi connectivity index (χ1) is 7.66. The predicted octanol–water partition coefficient (Wildman–Crippen LogP) is 2.27. The molecule has 0 spiro atoms. The summed E-state index contributed by atoms with van der Waals surface area (Å²) in [7, 11) is 0. The molecular formula is C11H16ClN3O. The molecule has 2 unspecified atom stereocenters. The molecular weight excluding hydrogens is 226 g/mol. The van der Waals surface area contributed by atoms with Crippen molar-refractivity contribution >= 4 is 17.3 Å². The molecule has 1 saturated carbocycles. The van der Waals surface area contributed by atoms with Crippen LogP contribution in [-0.2, 0) is 0 Å². The average molecular weight is 242 g/mol. The molecule has 88 valence electrons. The number of anilines is 1. The van der Waals surface area contributed by atoms with Gasteiger partial charge in [-0.25, -0.2) is 5.10 Å². The van der Waals surface area contributed by atoms with Crippen molar-refractivity contribution in [3.05, 3.63) is 21.6 Å². The molecule has 2 rings (SSSR count). The van der Waals surface area contributed by atoms with Crippen LogP contribution in [0.25, 0.3) is 0 Å². The average Bonchev–Trinajstić information content (AvgIpc) is 2.67. The molecule has 2 N–H and O–H groups in total. The third-order valence-corrected chi connectivity index (χ3v) is 3.56. The molecule has 1 aromatic rings. The Kier molecular flexibility index (Phi) is 3.49. The smallest absolute Gasteiger partial charge is 0.285 e. The van der Waals surface area contributed by atoms with Crippen molar-refractivity contribution in [2.45, 2.75) is 26.2 Å². The minimum Gasteiger partial charge on any atom is -0.382 e. The molecule has 0 aromatic carbocycles. The number of rotatable bonds is 3. The zero-order chi connectivity index (χ0) is 11.5. The van der Waals surface area contributed by atoms with Gasteiger partial charge in [0.2, 0.25) is 0 Å². The van der Waals surface area contributed by atoms with Gasteiger partial charge in [0, 0.05) is 6.54 Å². The van der Waals surface area contributed by atoms with Gasteiger partial charge in [-0.05, 0) is 24.7 Å². The summed E-state index contributed by atoms with van der Waals surface area (Å²) in [4.78, 5) is 11.2. The molecule has 2 atom stereocenters. The number of hydrogen-bond acceptors (Lipinski definition) is 3. The maximum Gasteiger partial charge on any atom is 0.285 e. The summed E-state index contributed by atoms with van der Waals surface area (Å²) in [5.74, 6) is 1.50. The van der Waals surface area contributed by atoms with Crippen molar-refractivity contribution in [1.82, 2.24) is 10.2 Å². The molecule has 5 heteroatoms. The summed E-state index contributed by atoms with van der Waals surface area (Å²) >= 11 is 5.86. The fourth-order valence-corrected chi connectivity index (χ4v) is 2.43. The second kappa shape index (κ2) is 4.87. The van der Waals surface area contributed by atoms with Crippen LogP contribution >= 0.6 is 11.6 Å². The summed E-state index contributed by atoms with van der Waals surface area (Å²) < 4.78 is 0. The molecule has 1 aliphatic carbocycles. The van der Waals surface area contributed by atoms with Gasteiger partial charge in [0.1, 0.15) is 5.02 Å². The predicted molar refractivity (Wildman–Crippen MR) is 64.9 cm³/mol. The van der Waals surface area contributed by atoms with Crippen LogP contribution in [-0.4, -0.2) is 16.7 Å². The SMILES string of the molecule is CC1CCC(CNc2cn[nH]c(=O)c2Cl)C1. The van der Waals surface area contributed by atoms with E-state index in [9.17, 15) is 4.79 Å². The standard InChI is InChI=1S/C11H16ClN3O/c1-7-2-3-8(4-7)5-13-9-6-14-15-11(16)10(9)12/h6-8H,2-5H2,1H3,(H2,13,15,16). The normalized spacial score (nSPS) is 24.6. The largest absolute Gasteiger partial charge is 0.382 e. The number of halogens is 1. The number of hydrogen-bond donors (Lipinski definition) is 2. The van der Waals surface area contributed by atoms with Crippen LogP contribution in [0, 0.1) is 11.8 Å². The van der Waals surface area contributed by atoms with E-state index in [1.807, 2.05) is 0 Å². The van der Waals surface area contributed by atoms with Crippen LogP contribution in [0.15, 0.2) is 11.0 Å². The van der Waals surface area contributed by atoms with Crippen molar-refractivity contribution in [2.24, 2.45) is 11.8 Å². The third kappa shape index (κ3) is 2.55. The molecule has 1 aliphatic rings. The Morgan fingerprint density at radius 1 is 1.62 bits per heavy atom. The third-order valence-electron chi connectivity index (χ3n) is 3.18. The van der Waals surface area contributed by atoms with Crippen molar-refractivity contribution in [2.75, 3.05) is 11.9 Å². The fraction of sp³-hybridized carbons (Fsp3) is 0.636. The first-order valence-electron chi connectivity index (χ1n) is 5.64. The fourth-order valence-electron chi connectivity index (χ4n) is 2.27. The highest BCUT2D eigenvalue weighted by atomic mass is 35.5. The van der Waals surface area contributed by atoms with Gasteiger partial charge in [-0.15, -0.1) is 0 Å². The number of H-pyrrole nitrogens is 1. The lowest BCUT2D eigenvalue weighted by Crippen LogP contribution is -2.16. The highest BCUT2D eigenvalue weighted by Crippen LogP contribution is 2.30. The summed E-state index contributed by atoms with van der Waals surface area (Å²) in [6.07, 6.45) is 5.36. The molecule has 0 radical (unpaired) electrons. The van der Waals surface area contributed by atoms with Crippen molar-refractivity contribution in [3.63, 3.8) is 0 Å². The molecule has 1 fully saturated rings. The second-order valence-electron chi connectivity index (χ2n) is 4.59. The first-order valence-corrected chi connectivity index (χ1v) is 6.01. The van der Waals surface area contributed by atoms with E-state index in [0.717, 1.165) is 12.5 Å². The Labute approximate surface area is 99.4 Å². The lowest BCUT2D eigenvalue weighted by atomic mass is 10.1. The van der Waals surface area contributed by atoms with Gasteiger partial charge >= 0.3 is 0 Å². The maximum atomic E-state index is 11.2. The van der Waals surface area contributed by atoms with E-state index < -0.39 is 0 Å². The first kappa shape index (κ1) is 11.5. The molecule has 1 heterocycles. The van der Waals surface area contributed by atoms with E-state index in [1.165, 1.54) is 19.3 Å². The van der Waals surface area contributed by atoms with E-state index >= 15 is 0 Å². The number of aromatic amines is 1.